The highest BCUT2D eigenvalue weighted by Crippen LogP contribution is 2.05. The summed E-state index contributed by atoms with van der Waals surface area (Å²) < 4.78 is 0. The Balaban J connectivity index is 1.78. The van der Waals surface area contributed by atoms with Crippen LogP contribution in [0.1, 0.15) is 51.9 Å². The van der Waals surface area contributed by atoms with Crippen LogP contribution in [-0.4, -0.2) is 24.6 Å². The molecule has 2 heteroatoms. The lowest BCUT2D eigenvalue weighted by molar-refractivity contribution is 0.233. The van der Waals surface area contributed by atoms with E-state index < -0.39 is 0 Å². The molecule has 0 aromatic heterocycles. The van der Waals surface area contributed by atoms with Crippen molar-refractivity contribution in [2.75, 3.05) is 19.6 Å². The normalized spacial score (nSPS) is 18.2. The fraction of sp³-hybridized carbons (Fsp3) is 1.00. The second-order valence-electron chi connectivity index (χ2n) is 4.02. The van der Waals surface area contributed by atoms with Gasteiger partial charge in [-0.15, -0.1) is 0 Å². The third-order valence-corrected chi connectivity index (χ3v) is 2.72. The number of hydrazine groups is 1. The van der Waals surface area contributed by atoms with Crippen molar-refractivity contribution in [2.45, 2.75) is 51.9 Å². The first-order valence-corrected chi connectivity index (χ1v) is 5.92. The summed E-state index contributed by atoms with van der Waals surface area (Å²) in [4.78, 5) is 0. The van der Waals surface area contributed by atoms with Crippen LogP contribution in [0.3, 0.4) is 0 Å². The Morgan fingerprint density at radius 1 is 1.00 bits per heavy atom. The van der Waals surface area contributed by atoms with Crippen molar-refractivity contribution in [3.63, 3.8) is 0 Å². The van der Waals surface area contributed by atoms with Crippen molar-refractivity contribution < 1.29 is 0 Å². The number of hydrogen-bond acceptors (Lipinski definition) is 2. The quantitative estimate of drug-likeness (QED) is 0.612. The summed E-state index contributed by atoms with van der Waals surface area (Å²) in [5, 5.41) is 2.37. The Labute approximate surface area is 82.7 Å². The average Bonchev–Trinajstić information content (AvgIpc) is 2.63. The summed E-state index contributed by atoms with van der Waals surface area (Å²) in [6.07, 6.45) is 9.66. The number of hydrogen-bond donors (Lipinski definition) is 1. The van der Waals surface area contributed by atoms with E-state index in [0.717, 1.165) is 0 Å². The largest absolute Gasteiger partial charge is 0.255 e. The standard InChI is InChI=1S/C11H24N2/c1-2-3-4-5-6-9-12-13-10-7-8-11-13/h12H,2-11H2,1H3. The van der Waals surface area contributed by atoms with Gasteiger partial charge in [0.25, 0.3) is 0 Å². The number of rotatable bonds is 7. The van der Waals surface area contributed by atoms with E-state index in [2.05, 4.69) is 17.4 Å². The highest BCUT2D eigenvalue weighted by Gasteiger charge is 2.09. The van der Waals surface area contributed by atoms with E-state index in [0.29, 0.717) is 0 Å². The first-order valence-electron chi connectivity index (χ1n) is 5.92. The van der Waals surface area contributed by atoms with Crippen molar-refractivity contribution >= 4 is 0 Å². The summed E-state index contributed by atoms with van der Waals surface area (Å²) in [6, 6.07) is 0. The molecule has 0 aromatic carbocycles. The molecule has 1 heterocycles. The molecule has 0 amide bonds. The summed E-state index contributed by atoms with van der Waals surface area (Å²) >= 11 is 0. The van der Waals surface area contributed by atoms with Gasteiger partial charge in [0.1, 0.15) is 0 Å². The van der Waals surface area contributed by atoms with Crippen LogP contribution in [0, 0.1) is 0 Å². The summed E-state index contributed by atoms with van der Waals surface area (Å²) in [5.41, 5.74) is 3.49. The average molecular weight is 184 g/mol. The molecule has 1 aliphatic rings. The molecule has 0 saturated carbocycles. The molecule has 0 spiro atoms. The van der Waals surface area contributed by atoms with Crippen molar-refractivity contribution in [3.8, 4) is 0 Å². The minimum atomic E-state index is 1.18. The molecule has 1 saturated heterocycles. The van der Waals surface area contributed by atoms with Crippen molar-refractivity contribution in [1.82, 2.24) is 10.4 Å². The fourth-order valence-corrected chi connectivity index (χ4v) is 1.84. The Morgan fingerprint density at radius 3 is 2.38 bits per heavy atom. The SMILES string of the molecule is CCCCCCCNN1CCCC1. The number of nitrogens with zero attached hydrogens (tertiary/aromatic N) is 1. The second-order valence-corrected chi connectivity index (χ2v) is 4.02. The highest BCUT2D eigenvalue weighted by molar-refractivity contribution is 4.61. The maximum Gasteiger partial charge on any atom is 0.0131 e. The minimum absolute atomic E-state index is 1.18. The van der Waals surface area contributed by atoms with E-state index in [1.807, 2.05) is 0 Å². The minimum Gasteiger partial charge on any atom is -0.255 e. The van der Waals surface area contributed by atoms with Crippen LogP contribution < -0.4 is 5.43 Å². The molecule has 13 heavy (non-hydrogen) atoms. The third-order valence-electron chi connectivity index (χ3n) is 2.72. The molecule has 2 nitrogen and oxygen atoms in total. The van der Waals surface area contributed by atoms with Crippen molar-refractivity contribution in [2.24, 2.45) is 0 Å². The topological polar surface area (TPSA) is 15.3 Å². The molecule has 78 valence electrons. The van der Waals surface area contributed by atoms with Gasteiger partial charge in [0.2, 0.25) is 0 Å². The zero-order valence-corrected chi connectivity index (χ0v) is 9.02. The lowest BCUT2D eigenvalue weighted by Crippen LogP contribution is -2.35. The molecular weight excluding hydrogens is 160 g/mol. The highest BCUT2D eigenvalue weighted by atomic mass is 15.5. The molecule has 1 rings (SSSR count). The van der Waals surface area contributed by atoms with Crippen LogP contribution >= 0.6 is 0 Å². The maximum absolute atomic E-state index is 3.49. The van der Waals surface area contributed by atoms with E-state index >= 15 is 0 Å². The van der Waals surface area contributed by atoms with E-state index in [9.17, 15) is 0 Å². The van der Waals surface area contributed by atoms with Crippen LogP contribution in [0.5, 0.6) is 0 Å². The van der Waals surface area contributed by atoms with Gasteiger partial charge in [-0.25, -0.2) is 5.01 Å². The van der Waals surface area contributed by atoms with E-state index in [1.165, 1.54) is 64.6 Å². The lowest BCUT2D eigenvalue weighted by Gasteiger charge is -2.15. The van der Waals surface area contributed by atoms with Gasteiger partial charge in [0.15, 0.2) is 0 Å². The zero-order chi connectivity index (χ0) is 9.36. The number of nitrogens with one attached hydrogen (secondary N) is 1. The van der Waals surface area contributed by atoms with Gasteiger partial charge in [-0.1, -0.05) is 32.6 Å². The zero-order valence-electron chi connectivity index (χ0n) is 9.02. The van der Waals surface area contributed by atoms with Crippen molar-refractivity contribution in [1.29, 1.82) is 0 Å². The summed E-state index contributed by atoms with van der Waals surface area (Å²) in [5.74, 6) is 0. The molecule has 0 bridgehead atoms. The third kappa shape index (κ3) is 5.27. The van der Waals surface area contributed by atoms with Gasteiger partial charge in [0.05, 0.1) is 0 Å². The van der Waals surface area contributed by atoms with E-state index in [1.54, 1.807) is 0 Å². The van der Waals surface area contributed by atoms with Crippen LogP contribution in [0.4, 0.5) is 0 Å². The Kier molecular flexibility index (Phi) is 6.21. The molecule has 1 aliphatic heterocycles. The van der Waals surface area contributed by atoms with Gasteiger partial charge >= 0.3 is 0 Å². The predicted molar refractivity (Wildman–Crippen MR) is 57.6 cm³/mol. The predicted octanol–water partition coefficient (Wildman–Crippen LogP) is 2.56. The van der Waals surface area contributed by atoms with Crippen LogP contribution in [0.25, 0.3) is 0 Å². The van der Waals surface area contributed by atoms with Gasteiger partial charge in [-0.3, -0.25) is 5.43 Å². The van der Waals surface area contributed by atoms with Gasteiger partial charge in [-0.05, 0) is 19.3 Å². The molecular formula is C11H24N2. The van der Waals surface area contributed by atoms with E-state index in [-0.39, 0.29) is 0 Å². The first-order chi connectivity index (χ1) is 6.43. The maximum atomic E-state index is 3.49. The Morgan fingerprint density at radius 2 is 1.69 bits per heavy atom. The molecule has 0 atom stereocenters. The second kappa shape index (κ2) is 7.34. The lowest BCUT2D eigenvalue weighted by atomic mass is 10.2. The molecule has 1 fully saturated rings. The summed E-state index contributed by atoms with van der Waals surface area (Å²) in [6.45, 7) is 5.97. The van der Waals surface area contributed by atoms with Gasteiger partial charge in [-0.2, -0.15) is 0 Å². The Bertz CT molecular complexity index is 109. The van der Waals surface area contributed by atoms with Crippen LogP contribution in [0.2, 0.25) is 0 Å². The summed E-state index contributed by atoms with van der Waals surface area (Å²) in [7, 11) is 0. The van der Waals surface area contributed by atoms with Crippen LogP contribution in [-0.2, 0) is 0 Å². The first kappa shape index (κ1) is 11.0. The molecule has 0 aliphatic carbocycles. The van der Waals surface area contributed by atoms with E-state index in [4.69, 9.17) is 0 Å². The molecule has 0 unspecified atom stereocenters. The fourth-order valence-electron chi connectivity index (χ4n) is 1.84. The van der Waals surface area contributed by atoms with Crippen LogP contribution in [0.15, 0.2) is 0 Å². The number of unbranched alkanes of at least 4 members (excludes halogenated alkanes) is 4. The van der Waals surface area contributed by atoms with Crippen molar-refractivity contribution in [3.05, 3.63) is 0 Å². The Hall–Kier alpha value is -0.0800. The van der Waals surface area contributed by atoms with Gasteiger partial charge < -0.3 is 0 Å². The van der Waals surface area contributed by atoms with Gasteiger partial charge in [0, 0.05) is 19.6 Å². The molecule has 1 N–H and O–H groups in total. The molecule has 0 aromatic rings. The molecule has 0 radical (unpaired) electrons. The monoisotopic (exact) mass is 184 g/mol. The smallest absolute Gasteiger partial charge is 0.0131 e.